The number of benzene rings is 2. The van der Waals surface area contributed by atoms with E-state index >= 15 is 0 Å². The fourth-order valence-electron chi connectivity index (χ4n) is 2.62. The van der Waals surface area contributed by atoms with E-state index in [-0.39, 0.29) is 5.91 Å². The number of nitrogens with zero attached hydrogens (tertiary/aromatic N) is 1. The highest BCUT2D eigenvalue weighted by Crippen LogP contribution is 2.26. The smallest absolute Gasteiger partial charge is 0.230 e. The van der Waals surface area contributed by atoms with Crippen LogP contribution >= 0.6 is 11.3 Å². The molecule has 134 valence electrons. The summed E-state index contributed by atoms with van der Waals surface area (Å²) in [4.78, 5) is 16.8. The van der Waals surface area contributed by atoms with Crippen molar-refractivity contribution in [3.8, 4) is 22.8 Å². The van der Waals surface area contributed by atoms with Crippen LogP contribution in [0.15, 0.2) is 47.8 Å². The molecule has 2 aromatic carbocycles. The number of hydrogen-bond donors (Lipinski definition) is 1. The first kappa shape index (κ1) is 17.9. The number of aryl methyl sites for hydroxylation is 1. The molecule has 0 saturated carbocycles. The van der Waals surface area contributed by atoms with Crippen LogP contribution in [0.2, 0.25) is 0 Å². The Bertz CT molecular complexity index is 904. The molecule has 26 heavy (non-hydrogen) atoms. The quantitative estimate of drug-likeness (QED) is 0.704. The van der Waals surface area contributed by atoms with Gasteiger partial charge >= 0.3 is 0 Å². The van der Waals surface area contributed by atoms with Crippen LogP contribution in [0.5, 0.6) is 11.5 Å². The molecule has 0 aliphatic carbocycles. The molecule has 0 unspecified atom stereocenters. The molecule has 6 heteroatoms. The zero-order chi connectivity index (χ0) is 18.5. The molecule has 0 fully saturated rings. The molecule has 0 radical (unpaired) electrons. The zero-order valence-corrected chi connectivity index (χ0v) is 15.7. The fraction of sp³-hybridized carbons (Fsp3) is 0.200. The van der Waals surface area contributed by atoms with Crippen molar-refractivity contribution < 1.29 is 14.3 Å². The molecule has 1 aromatic heterocycles. The summed E-state index contributed by atoms with van der Waals surface area (Å²) in [5.41, 5.74) is 3.75. The van der Waals surface area contributed by atoms with Crippen molar-refractivity contribution in [1.82, 2.24) is 4.98 Å². The van der Waals surface area contributed by atoms with E-state index in [1.807, 2.05) is 54.8 Å². The van der Waals surface area contributed by atoms with Crippen LogP contribution in [-0.2, 0) is 11.2 Å². The molecule has 0 aliphatic heterocycles. The topological polar surface area (TPSA) is 60.5 Å². The normalized spacial score (nSPS) is 10.4. The molecule has 1 N–H and O–H groups in total. The summed E-state index contributed by atoms with van der Waals surface area (Å²) in [6.45, 7) is 1.96. The Hall–Kier alpha value is -2.86. The zero-order valence-electron chi connectivity index (χ0n) is 14.9. The molecule has 0 spiro atoms. The maximum absolute atomic E-state index is 12.3. The van der Waals surface area contributed by atoms with Crippen molar-refractivity contribution in [3.05, 3.63) is 59.0 Å². The van der Waals surface area contributed by atoms with E-state index in [4.69, 9.17) is 9.47 Å². The average molecular weight is 368 g/mol. The maximum atomic E-state index is 12.3. The van der Waals surface area contributed by atoms with E-state index in [1.54, 1.807) is 14.2 Å². The van der Waals surface area contributed by atoms with Crippen LogP contribution in [0.25, 0.3) is 11.3 Å². The van der Waals surface area contributed by atoms with E-state index in [2.05, 4.69) is 10.3 Å². The molecule has 5 nitrogen and oxygen atoms in total. The second-order valence-electron chi connectivity index (χ2n) is 5.80. The van der Waals surface area contributed by atoms with Crippen molar-refractivity contribution in [3.63, 3.8) is 0 Å². The Morgan fingerprint density at radius 1 is 1.12 bits per heavy atom. The summed E-state index contributed by atoms with van der Waals surface area (Å²) in [6.07, 6.45) is 0.294. The molecule has 0 saturated heterocycles. The van der Waals surface area contributed by atoms with Gasteiger partial charge in [0.05, 0.1) is 26.3 Å². The van der Waals surface area contributed by atoms with Crippen LogP contribution in [0, 0.1) is 6.92 Å². The summed E-state index contributed by atoms with van der Waals surface area (Å²) in [7, 11) is 3.27. The SMILES string of the molecule is COc1ccc(-c2csc(NC(=O)Cc3ccc(OC)c(C)c3)n2)cc1. The van der Waals surface area contributed by atoms with Crippen LogP contribution in [0.3, 0.4) is 0 Å². The number of ether oxygens (including phenoxy) is 2. The van der Waals surface area contributed by atoms with Gasteiger partial charge in [0.2, 0.25) is 5.91 Å². The third-order valence-corrected chi connectivity index (χ3v) is 4.72. The molecule has 0 aliphatic rings. The minimum Gasteiger partial charge on any atom is -0.497 e. The highest BCUT2D eigenvalue weighted by molar-refractivity contribution is 7.14. The van der Waals surface area contributed by atoms with E-state index in [1.165, 1.54) is 11.3 Å². The number of anilines is 1. The lowest BCUT2D eigenvalue weighted by molar-refractivity contribution is -0.115. The number of rotatable bonds is 6. The number of carbonyl (C=O) groups is 1. The maximum Gasteiger partial charge on any atom is 0.230 e. The third kappa shape index (κ3) is 4.21. The van der Waals surface area contributed by atoms with E-state index in [9.17, 15) is 4.79 Å². The second kappa shape index (κ2) is 8.01. The first-order chi connectivity index (χ1) is 12.6. The van der Waals surface area contributed by atoms with Gasteiger partial charge in [-0.2, -0.15) is 0 Å². The highest BCUT2D eigenvalue weighted by atomic mass is 32.1. The van der Waals surface area contributed by atoms with Crippen molar-refractivity contribution in [1.29, 1.82) is 0 Å². The van der Waals surface area contributed by atoms with E-state index in [0.29, 0.717) is 11.6 Å². The lowest BCUT2D eigenvalue weighted by Crippen LogP contribution is -2.14. The minimum atomic E-state index is -0.0924. The second-order valence-corrected chi connectivity index (χ2v) is 6.65. The van der Waals surface area contributed by atoms with Gasteiger partial charge in [-0.15, -0.1) is 11.3 Å². The van der Waals surface area contributed by atoms with Gasteiger partial charge in [0.25, 0.3) is 0 Å². The van der Waals surface area contributed by atoms with Gasteiger partial charge in [0, 0.05) is 10.9 Å². The summed E-state index contributed by atoms with van der Waals surface area (Å²) >= 11 is 1.41. The summed E-state index contributed by atoms with van der Waals surface area (Å²) in [5, 5.41) is 5.38. The van der Waals surface area contributed by atoms with Gasteiger partial charge in [-0.3, -0.25) is 4.79 Å². The van der Waals surface area contributed by atoms with Gasteiger partial charge in [0.1, 0.15) is 11.5 Å². The lowest BCUT2D eigenvalue weighted by Gasteiger charge is -2.07. The summed E-state index contributed by atoms with van der Waals surface area (Å²) in [5.74, 6) is 1.52. The fourth-order valence-corrected chi connectivity index (χ4v) is 3.36. The Balaban J connectivity index is 1.64. The largest absolute Gasteiger partial charge is 0.497 e. The molecular formula is C20H20N2O3S. The number of thiazole rings is 1. The Labute approximate surface area is 156 Å². The predicted molar refractivity (Wildman–Crippen MR) is 104 cm³/mol. The van der Waals surface area contributed by atoms with Gasteiger partial charge in [0.15, 0.2) is 5.13 Å². The molecule has 0 bridgehead atoms. The van der Waals surface area contributed by atoms with Crippen LogP contribution in [0.1, 0.15) is 11.1 Å². The Morgan fingerprint density at radius 2 is 1.88 bits per heavy atom. The molecular weight excluding hydrogens is 348 g/mol. The lowest BCUT2D eigenvalue weighted by atomic mass is 10.1. The first-order valence-corrected chi connectivity index (χ1v) is 9.00. The Morgan fingerprint density at radius 3 is 2.54 bits per heavy atom. The van der Waals surface area contributed by atoms with Crippen molar-refractivity contribution in [2.45, 2.75) is 13.3 Å². The summed E-state index contributed by atoms with van der Waals surface area (Å²) < 4.78 is 10.4. The Kier molecular flexibility index (Phi) is 5.53. The average Bonchev–Trinajstić information content (AvgIpc) is 3.10. The van der Waals surface area contributed by atoms with Crippen molar-refractivity contribution in [2.75, 3.05) is 19.5 Å². The number of aromatic nitrogens is 1. The number of methoxy groups -OCH3 is 2. The minimum absolute atomic E-state index is 0.0924. The molecule has 3 aromatic rings. The molecule has 3 rings (SSSR count). The van der Waals surface area contributed by atoms with Crippen molar-refractivity contribution in [2.24, 2.45) is 0 Å². The van der Waals surface area contributed by atoms with Gasteiger partial charge in [-0.05, 0) is 48.4 Å². The number of hydrogen-bond acceptors (Lipinski definition) is 5. The number of carbonyl (C=O) groups excluding carboxylic acids is 1. The van der Waals surface area contributed by atoms with Gasteiger partial charge < -0.3 is 14.8 Å². The van der Waals surface area contributed by atoms with Gasteiger partial charge in [-0.1, -0.05) is 12.1 Å². The predicted octanol–water partition coefficient (Wildman–Crippen LogP) is 4.32. The molecule has 0 atom stereocenters. The van der Waals surface area contributed by atoms with Crippen LogP contribution in [-0.4, -0.2) is 25.1 Å². The monoisotopic (exact) mass is 368 g/mol. The van der Waals surface area contributed by atoms with Crippen LogP contribution in [0.4, 0.5) is 5.13 Å². The number of nitrogens with one attached hydrogen (secondary N) is 1. The first-order valence-electron chi connectivity index (χ1n) is 8.12. The summed E-state index contributed by atoms with van der Waals surface area (Å²) in [6, 6.07) is 13.4. The van der Waals surface area contributed by atoms with Gasteiger partial charge in [-0.25, -0.2) is 4.98 Å². The third-order valence-electron chi connectivity index (χ3n) is 3.96. The van der Waals surface area contributed by atoms with Crippen LogP contribution < -0.4 is 14.8 Å². The number of amides is 1. The molecule has 1 heterocycles. The highest BCUT2D eigenvalue weighted by Gasteiger charge is 2.10. The molecule has 1 amide bonds. The van der Waals surface area contributed by atoms with Crippen molar-refractivity contribution >= 4 is 22.4 Å². The van der Waals surface area contributed by atoms with E-state index in [0.717, 1.165) is 33.9 Å². The standard InChI is InChI=1S/C20H20N2O3S/c1-13-10-14(4-9-18(13)25-3)11-19(23)22-20-21-17(12-26-20)15-5-7-16(24-2)8-6-15/h4-10,12H,11H2,1-3H3,(H,21,22,23). The van der Waals surface area contributed by atoms with E-state index < -0.39 is 0 Å².